The zero-order valence-corrected chi connectivity index (χ0v) is 21.4. The summed E-state index contributed by atoms with van der Waals surface area (Å²) in [7, 11) is 0. The number of aryl methyl sites for hydroxylation is 1. The van der Waals surface area contributed by atoms with Crippen LogP contribution >= 0.6 is 0 Å². The number of aromatic nitrogens is 2. The fourth-order valence-corrected chi connectivity index (χ4v) is 5.71. The van der Waals surface area contributed by atoms with Crippen LogP contribution in [0.25, 0.3) is 0 Å². The summed E-state index contributed by atoms with van der Waals surface area (Å²) in [6.07, 6.45) is 4.32. The number of piperidine rings is 1. The Morgan fingerprint density at radius 2 is 1.43 bits per heavy atom. The molecular weight excluding hydrogens is 458 g/mol. The van der Waals surface area contributed by atoms with Gasteiger partial charge in [0.15, 0.2) is 11.6 Å². The molecule has 37 heavy (non-hydrogen) atoms. The highest BCUT2D eigenvalue weighted by Crippen LogP contribution is 2.42. The summed E-state index contributed by atoms with van der Waals surface area (Å²) >= 11 is 0. The molecular formula is C32H33N3O2. The van der Waals surface area contributed by atoms with Gasteiger partial charge in [-0.1, -0.05) is 78.9 Å². The van der Waals surface area contributed by atoms with E-state index in [9.17, 15) is 9.59 Å². The largest absolute Gasteiger partial charge is 0.349 e. The predicted octanol–water partition coefficient (Wildman–Crippen LogP) is 5.67. The van der Waals surface area contributed by atoms with Crippen LogP contribution in [0.3, 0.4) is 0 Å². The number of rotatable bonds is 8. The summed E-state index contributed by atoms with van der Waals surface area (Å²) < 4.78 is 0. The third-order valence-corrected chi connectivity index (χ3v) is 7.79. The zero-order chi connectivity index (χ0) is 25.8. The second kappa shape index (κ2) is 11.1. The highest BCUT2D eigenvalue weighted by atomic mass is 16.1. The van der Waals surface area contributed by atoms with E-state index >= 15 is 0 Å². The molecule has 3 aromatic carbocycles. The van der Waals surface area contributed by atoms with Gasteiger partial charge < -0.3 is 9.88 Å². The van der Waals surface area contributed by atoms with Crippen LogP contribution in [0.15, 0.2) is 91.3 Å². The van der Waals surface area contributed by atoms with E-state index in [0.29, 0.717) is 24.2 Å². The van der Waals surface area contributed by atoms with Crippen molar-refractivity contribution in [2.45, 2.75) is 26.2 Å². The van der Waals surface area contributed by atoms with Crippen molar-refractivity contribution in [3.05, 3.63) is 125 Å². The number of aromatic amines is 1. The minimum atomic E-state index is -0.342. The molecule has 1 aliphatic rings. The maximum absolute atomic E-state index is 14.1. The van der Waals surface area contributed by atoms with Crippen LogP contribution in [-0.2, 0) is 6.42 Å². The molecule has 5 rings (SSSR count). The van der Waals surface area contributed by atoms with Crippen molar-refractivity contribution < 1.29 is 9.59 Å². The smallest absolute Gasteiger partial charge is 0.167 e. The number of H-pyrrole nitrogens is 1. The monoisotopic (exact) mass is 491 g/mol. The van der Waals surface area contributed by atoms with Crippen LogP contribution in [-0.4, -0.2) is 46.1 Å². The third kappa shape index (κ3) is 5.32. The molecule has 4 aromatic rings. The number of hydrogen-bond donors (Lipinski definition) is 1. The van der Waals surface area contributed by atoms with Crippen molar-refractivity contribution >= 4 is 11.6 Å². The predicted molar refractivity (Wildman–Crippen MR) is 146 cm³/mol. The number of ketones is 2. The lowest BCUT2D eigenvalue weighted by atomic mass is 9.67. The van der Waals surface area contributed by atoms with Gasteiger partial charge in [-0.15, -0.1) is 0 Å². The van der Waals surface area contributed by atoms with Crippen molar-refractivity contribution in [3.63, 3.8) is 0 Å². The van der Waals surface area contributed by atoms with Gasteiger partial charge in [0.25, 0.3) is 0 Å². The summed E-state index contributed by atoms with van der Waals surface area (Å²) in [6.45, 7) is 6.14. The summed E-state index contributed by atoms with van der Waals surface area (Å²) in [5.41, 5.74) is 4.83. The molecule has 1 unspecified atom stereocenters. The first-order chi connectivity index (χ1) is 18.0. The number of benzene rings is 3. The molecule has 1 fully saturated rings. The molecule has 5 heteroatoms. The fraction of sp³-hybridized carbons (Fsp3) is 0.281. The Morgan fingerprint density at radius 3 is 1.97 bits per heavy atom. The Kier molecular flexibility index (Phi) is 7.42. The molecule has 1 N–H and O–H groups in total. The molecule has 0 radical (unpaired) electrons. The van der Waals surface area contributed by atoms with E-state index in [1.807, 2.05) is 66.9 Å². The van der Waals surface area contributed by atoms with Gasteiger partial charge in [-0.25, -0.2) is 4.98 Å². The Labute approximate surface area is 218 Å². The molecule has 188 valence electrons. The van der Waals surface area contributed by atoms with Crippen molar-refractivity contribution in [1.82, 2.24) is 14.9 Å². The topological polar surface area (TPSA) is 66.1 Å². The molecule has 5 nitrogen and oxygen atoms in total. The van der Waals surface area contributed by atoms with E-state index in [0.717, 1.165) is 29.9 Å². The summed E-state index contributed by atoms with van der Waals surface area (Å²) in [6, 6.07) is 25.3. The van der Waals surface area contributed by atoms with Gasteiger partial charge in [0.05, 0.1) is 0 Å². The molecule has 0 spiro atoms. The van der Waals surface area contributed by atoms with Crippen molar-refractivity contribution in [3.8, 4) is 0 Å². The molecule has 0 saturated carbocycles. The first kappa shape index (κ1) is 24.8. The number of imidazole rings is 1. The van der Waals surface area contributed by atoms with E-state index in [4.69, 9.17) is 0 Å². The van der Waals surface area contributed by atoms with Gasteiger partial charge >= 0.3 is 0 Å². The fourth-order valence-electron chi connectivity index (χ4n) is 5.71. The van der Waals surface area contributed by atoms with E-state index < -0.39 is 0 Å². The van der Waals surface area contributed by atoms with E-state index in [1.54, 1.807) is 6.20 Å². The zero-order valence-electron chi connectivity index (χ0n) is 21.4. The second-order valence-corrected chi connectivity index (χ2v) is 10.0. The van der Waals surface area contributed by atoms with Crippen molar-refractivity contribution in [1.29, 1.82) is 0 Å². The Morgan fingerprint density at radius 1 is 0.838 bits per heavy atom. The van der Waals surface area contributed by atoms with Gasteiger partial charge in [0.1, 0.15) is 5.82 Å². The average molecular weight is 492 g/mol. The molecule has 1 saturated heterocycles. The van der Waals surface area contributed by atoms with E-state index in [2.05, 4.69) is 46.9 Å². The standard InChI is InChI=1S/C32H33N3O2/c1-22-10-9-15-26(23(22)2)30-27(31(36)24-11-5-3-6-12-24)20-35(19-16-29-33-17-18-34-29)21-28(30)32(37)25-13-7-4-8-14-25/h3-15,17-18,27-28,30H,16,19-21H2,1-2H3,(H,33,34)/t27-,28+,30?. The summed E-state index contributed by atoms with van der Waals surface area (Å²) in [4.78, 5) is 38.0. The highest BCUT2D eigenvalue weighted by molar-refractivity contribution is 6.02. The van der Waals surface area contributed by atoms with Crippen LogP contribution in [0.1, 0.15) is 49.1 Å². The molecule has 0 amide bonds. The Hall–Kier alpha value is -3.83. The van der Waals surface area contributed by atoms with Crippen LogP contribution < -0.4 is 0 Å². The van der Waals surface area contributed by atoms with Gasteiger partial charge in [-0.05, 0) is 30.5 Å². The van der Waals surface area contributed by atoms with Crippen LogP contribution in [0.5, 0.6) is 0 Å². The number of nitrogens with one attached hydrogen (secondary N) is 1. The Balaban J connectivity index is 1.58. The Bertz CT molecular complexity index is 1290. The number of nitrogens with zero attached hydrogens (tertiary/aromatic N) is 2. The maximum atomic E-state index is 14.1. The first-order valence-electron chi connectivity index (χ1n) is 13.0. The lowest BCUT2D eigenvalue weighted by Crippen LogP contribution is -2.51. The van der Waals surface area contributed by atoms with E-state index in [1.165, 1.54) is 5.56 Å². The quantitative estimate of drug-likeness (QED) is 0.323. The minimum Gasteiger partial charge on any atom is -0.349 e. The lowest BCUT2D eigenvalue weighted by Gasteiger charge is -2.43. The molecule has 2 heterocycles. The van der Waals surface area contributed by atoms with Gasteiger partial charge in [0.2, 0.25) is 0 Å². The first-order valence-corrected chi connectivity index (χ1v) is 13.0. The third-order valence-electron chi connectivity index (χ3n) is 7.79. The normalized spacial score (nSPS) is 20.0. The molecule has 0 bridgehead atoms. The number of hydrogen-bond acceptors (Lipinski definition) is 4. The van der Waals surface area contributed by atoms with Gasteiger partial charge in [0, 0.05) is 67.3 Å². The van der Waals surface area contributed by atoms with Crippen LogP contribution in [0.2, 0.25) is 0 Å². The SMILES string of the molecule is Cc1cccc(C2[C@@H](C(=O)c3ccccc3)CN(CCc3ncc[nH]3)C[C@H]2C(=O)c2ccccc2)c1C. The molecule has 3 atom stereocenters. The number of Topliss-reactive ketones (excluding diaryl/α,β-unsaturated/α-hetero) is 2. The maximum Gasteiger partial charge on any atom is 0.167 e. The van der Waals surface area contributed by atoms with Crippen LogP contribution in [0, 0.1) is 25.7 Å². The van der Waals surface area contributed by atoms with Crippen molar-refractivity contribution in [2.75, 3.05) is 19.6 Å². The summed E-state index contributed by atoms with van der Waals surface area (Å²) in [5, 5.41) is 0. The number of likely N-dealkylation sites (tertiary alicyclic amines) is 1. The number of carbonyl (C=O) groups is 2. The molecule has 1 aliphatic heterocycles. The molecule has 0 aliphatic carbocycles. The highest BCUT2D eigenvalue weighted by Gasteiger charge is 2.45. The van der Waals surface area contributed by atoms with Gasteiger partial charge in [-0.2, -0.15) is 0 Å². The van der Waals surface area contributed by atoms with Gasteiger partial charge in [-0.3, -0.25) is 9.59 Å². The summed E-state index contributed by atoms with van der Waals surface area (Å²) in [5.74, 6) is 0.214. The molecule has 1 aromatic heterocycles. The van der Waals surface area contributed by atoms with Crippen LogP contribution in [0.4, 0.5) is 0 Å². The number of carbonyl (C=O) groups excluding carboxylic acids is 2. The average Bonchev–Trinajstić information content (AvgIpc) is 3.47. The second-order valence-electron chi connectivity index (χ2n) is 10.0. The lowest BCUT2D eigenvalue weighted by molar-refractivity contribution is 0.0574. The van der Waals surface area contributed by atoms with Crippen molar-refractivity contribution in [2.24, 2.45) is 11.8 Å². The minimum absolute atomic E-state index is 0.0973. The van der Waals surface area contributed by atoms with E-state index in [-0.39, 0.29) is 29.3 Å².